The van der Waals surface area contributed by atoms with Gasteiger partial charge in [-0.1, -0.05) is 5.57 Å². The minimum absolute atomic E-state index is 0.114. The van der Waals surface area contributed by atoms with Gasteiger partial charge in [0, 0.05) is 0 Å². The zero-order valence-electron chi connectivity index (χ0n) is 9.63. The third-order valence-electron chi connectivity index (χ3n) is 2.74. The van der Waals surface area contributed by atoms with Crippen molar-refractivity contribution >= 4 is 11.8 Å². The third kappa shape index (κ3) is 3.50. The highest BCUT2D eigenvalue weighted by Gasteiger charge is 2.20. The topological polar surface area (TPSA) is 43.4 Å². The van der Waals surface area contributed by atoms with Crippen LogP contribution in [0.4, 0.5) is 0 Å². The first kappa shape index (κ1) is 12.0. The van der Waals surface area contributed by atoms with E-state index in [9.17, 15) is 9.59 Å². The van der Waals surface area contributed by atoms with Gasteiger partial charge in [-0.2, -0.15) is 0 Å². The van der Waals surface area contributed by atoms with Gasteiger partial charge in [0.1, 0.15) is 18.3 Å². The van der Waals surface area contributed by atoms with Crippen molar-refractivity contribution in [1.82, 2.24) is 0 Å². The van der Waals surface area contributed by atoms with Gasteiger partial charge in [-0.25, -0.2) is 0 Å². The molecule has 0 spiro atoms. The second-order valence-corrected chi connectivity index (χ2v) is 4.17. The van der Waals surface area contributed by atoms with Crippen molar-refractivity contribution in [2.45, 2.75) is 52.6 Å². The molecule has 84 valence electrons. The summed E-state index contributed by atoms with van der Waals surface area (Å²) < 4.78 is 5.20. The Morgan fingerprint density at radius 2 is 2.07 bits per heavy atom. The molecule has 1 rings (SSSR count). The molecule has 3 heteroatoms. The van der Waals surface area contributed by atoms with Crippen molar-refractivity contribution in [2.75, 3.05) is 0 Å². The number of esters is 1. The zero-order chi connectivity index (χ0) is 11.4. The summed E-state index contributed by atoms with van der Waals surface area (Å²) in [5.74, 6) is -0.563. The summed E-state index contributed by atoms with van der Waals surface area (Å²) in [4.78, 5) is 22.0. The first-order chi connectivity index (χ1) is 7.00. The highest BCUT2D eigenvalue weighted by atomic mass is 16.5. The molecule has 0 N–H and O–H groups in total. The number of rotatable bonds is 4. The van der Waals surface area contributed by atoms with E-state index in [1.807, 2.05) is 6.92 Å². The van der Waals surface area contributed by atoms with Gasteiger partial charge in [0.2, 0.25) is 0 Å². The first-order valence-electron chi connectivity index (χ1n) is 5.38. The van der Waals surface area contributed by atoms with Crippen LogP contribution in [-0.4, -0.2) is 17.9 Å². The summed E-state index contributed by atoms with van der Waals surface area (Å²) in [7, 11) is 0. The quantitative estimate of drug-likeness (QED) is 0.406. The molecule has 0 saturated heterocycles. The standard InChI is InChI=1S/C12H18O3/c1-8-5-4-6-11(8)10(3)15-12(14)7-9(2)13/h10H,4-7H2,1-3H3. The summed E-state index contributed by atoms with van der Waals surface area (Å²) in [6.45, 7) is 5.35. The van der Waals surface area contributed by atoms with Crippen LogP contribution in [0.5, 0.6) is 0 Å². The molecule has 0 amide bonds. The van der Waals surface area contributed by atoms with Crippen LogP contribution in [0.1, 0.15) is 46.5 Å². The van der Waals surface area contributed by atoms with Crippen LogP contribution < -0.4 is 0 Å². The summed E-state index contributed by atoms with van der Waals surface area (Å²) >= 11 is 0. The molecule has 15 heavy (non-hydrogen) atoms. The Kier molecular flexibility index (Phi) is 4.06. The Labute approximate surface area is 90.5 Å². The summed E-state index contributed by atoms with van der Waals surface area (Å²) in [5, 5.41) is 0. The monoisotopic (exact) mass is 210 g/mol. The number of carbonyl (C=O) groups is 2. The van der Waals surface area contributed by atoms with E-state index in [1.54, 1.807) is 0 Å². The lowest BCUT2D eigenvalue weighted by atomic mass is 10.1. The number of Topliss-reactive ketones (excluding diaryl/α,β-unsaturated/α-hetero) is 1. The average molecular weight is 210 g/mol. The van der Waals surface area contributed by atoms with Crippen LogP contribution in [0.3, 0.4) is 0 Å². The maximum atomic E-state index is 11.3. The smallest absolute Gasteiger partial charge is 0.313 e. The summed E-state index contributed by atoms with van der Waals surface area (Å²) in [6, 6.07) is 0. The van der Waals surface area contributed by atoms with E-state index in [-0.39, 0.29) is 18.3 Å². The minimum Gasteiger partial charge on any atom is -0.458 e. The Bertz CT molecular complexity index is 302. The van der Waals surface area contributed by atoms with E-state index in [2.05, 4.69) is 6.92 Å². The van der Waals surface area contributed by atoms with Crippen molar-refractivity contribution < 1.29 is 14.3 Å². The Balaban J connectivity index is 2.48. The van der Waals surface area contributed by atoms with Crippen molar-refractivity contribution in [3.63, 3.8) is 0 Å². The number of hydrogen-bond donors (Lipinski definition) is 0. The highest BCUT2D eigenvalue weighted by molar-refractivity contribution is 5.94. The van der Waals surface area contributed by atoms with Crippen LogP contribution in [0, 0.1) is 0 Å². The maximum absolute atomic E-state index is 11.3. The van der Waals surface area contributed by atoms with Gasteiger partial charge in [0.05, 0.1) is 0 Å². The molecule has 0 radical (unpaired) electrons. The van der Waals surface area contributed by atoms with Crippen molar-refractivity contribution in [3.8, 4) is 0 Å². The molecule has 1 atom stereocenters. The molecular formula is C12H18O3. The maximum Gasteiger partial charge on any atom is 0.313 e. The minimum atomic E-state index is -0.415. The fraction of sp³-hybridized carbons (Fsp3) is 0.667. The van der Waals surface area contributed by atoms with Crippen LogP contribution in [0.2, 0.25) is 0 Å². The van der Waals surface area contributed by atoms with E-state index < -0.39 is 5.97 Å². The Morgan fingerprint density at radius 3 is 2.53 bits per heavy atom. The molecule has 1 aliphatic carbocycles. The molecule has 3 nitrogen and oxygen atoms in total. The van der Waals surface area contributed by atoms with Gasteiger partial charge < -0.3 is 4.74 Å². The number of ether oxygens (including phenoxy) is 1. The lowest BCUT2D eigenvalue weighted by molar-refractivity contribution is -0.148. The molecule has 0 heterocycles. The van der Waals surface area contributed by atoms with Crippen LogP contribution in [0.25, 0.3) is 0 Å². The van der Waals surface area contributed by atoms with Gasteiger partial charge >= 0.3 is 5.97 Å². The van der Waals surface area contributed by atoms with Gasteiger partial charge in [0.15, 0.2) is 0 Å². The molecule has 1 aliphatic rings. The SMILES string of the molecule is CC(=O)CC(=O)OC(C)C1=C(C)CCC1. The van der Waals surface area contributed by atoms with E-state index in [4.69, 9.17) is 4.74 Å². The Hall–Kier alpha value is -1.12. The number of ketones is 1. The normalized spacial score (nSPS) is 17.8. The average Bonchev–Trinajstić information content (AvgIpc) is 2.49. The molecule has 0 aromatic rings. The van der Waals surface area contributed by atoms with Gasteiger partial charge in [-0.05, 0) is 45.6 Å². The largest absolute Gasteiger partial charge is 0.458 e. The lowest BCUT2D eigenvalue weighted by Gasteiger charge is -2.15. The van der Waals surface area contributed by atoms with Crippen LogP contribution >= 0.6 is 0 Å². The lowest BCUT2D eigenvalue weighted by Crippen LogP contribution is -2.18. The number of allylic oxidation sites excluding steroid dienone is 1. The fourth-order valence-corrected chi connectivity index (χ4v) is 1.98. The van der Waals surface area contributed by atoms with Crippen molar-refractivity contribution in [1.29, 1.82) is 0 Å². The first-order valence-corrected chi connectivity index (χ1v) is 5.38. The molecular weight excluding hydrogens is 192 g/mol. The molecule has 0 aliphatic heterocycles. The van der Waals surface area contributed by atoms with Gasteiger partial charge in [-0.3, -0.25) is 9.59 Å². The predicted octanol–water partition coefficient (Wildman–Crippen LogP) is 2.40. The fourth-order valence-electron chi connectivity index (χ4n) is 1.98. The van der Waals surface area contributed by atoms with E-state index in [1.165, 1.54) is 18.1 Å². The Morgan fingerprint density at radius 1 is 1.40 bits per heavy atom. The van der Waals surface area contributed by atoms with E-state index in [0.29, 0.717) is 0 Å². The number of carbonyl (C=O) groups excluding carboxylic acids is 2. The predicted molar refractivity (Wildman–Crippen MR) is 57.4 cm³/mol. The molecule has 0 bridgehead atoms. The molecule has 0 aromatic carbocycles. The second kappa shape index (κ2) is 5.10. The molecule has 0 aromatic heterocycles. The summed E-state index contributed by atoms with van der Waals surface area (Å²) in [5.41, 5.74) is 2.56. The van der Waals surface area contributed by atoms with E-state index in [0.717, 1.165) is 19.3 Å². The molecule has 0 fully saturated rings. The van der Waals surface area contributed by atoms with Gasteiger partial charge in [-0.15, -0.1) is 0 Å². The zero-order valence-corrected chi connectivity index (χ0v) is 9.63. The van der Waals surface area contributed by atoms with Crippen molar-refractivity contribution in [2.24, 2.45) is 0 Å². The highest BCUT2D eigenvalue weighted by Crippen LogP contribution is 2.29. The number of hydrogen-bond acceptors (Lipinski definition) is 3. The van der Waals surface area contributed by atoms with Crippen LogP contribution in [0.15, 0.2) is 11.1 Å². The van der Waals surface area contributed by atoms with Gasteiger partial charge in [0.25, 0.3) is 0 Å². The third-order valence-corrected chi connectivity index (χ3v) is 2.74. The molecule has 0 saturated carbocycles. The van der Waals surface area contributed by atoms with Crippen LogP contribution in [-0.2, 0) is 14.3 Å². The van der Waals surface area contributed by atoms with Crippen molar-refractivity contribution in [3.05, 3.63) is 11.1 Å². The van der Waals surface area contributed by atoms with E-state index >= 15 is 0 Å². The molecule has 1 unspecified atom stereocenters. The summed E-state index contributed by atoms with van der Waals surface area (Å²) in [6.07, 6.45) is 2.98. The second-order valence-electron chi connectivity index (χ2n) is 4.17.